The molecule has 4 nitrogen and oxygen atoms in total. The van der Waals surface area contributed by atoms with Gasteiger partial charge < -0.3 is 10.4 Å². The predicted octanol–water partition coefficient (Wildman–Crippen LogP) is 2.85. The summed E-state index contributed by atoms with van der Waals surface area (Å²) in [5.41, 5.74) is 1.20. The molecule has 0 bridgehead atoms. The fourth-order valence-corrected chi connectivity index (χ4v) is 3.33. The molecule has 2 fully saturated rings. The summed E-state index contributed by atoms with van der Waals surface area (Å²) in [6, 6.07) is 2.58. The molecule has 4 heteroatoms. The Morgan fingerprint density at radius 2 is 1.74 bits per heavy atom. The Balaban J connectivity index is 1.62. The number of hydrogen-bond acceptors (Lipinski definition) is 4. The van der Waals surface area contributed by atoms with Gasteiger partial charge in [0.15, 0.2) is 0 Å². The monoisotopic (exact) mass is 261 g/mol. The minimum Gasteiger partial charge on any atom is -0.393 e. The average Bonchev–Trinajstić information content (AvgIpc) is 2.96. The standard InChI is InChI=1S/C15H23N3O/c19-13-7-5-12(6-8-13)18-15-9-14(16-10-17-15)11-3-1-2-4-11/h9-13,19H,1-8H2,(H,16,17,18). The van der Waals surface area contributed by atoms with Crippen molar-refractivity contribution in [2.24, 2.45) is 0 Å². The van der Waals surface area contributed by atoms with E-state index in [0.717, 1.165) is 31.5 Å². The van der Waals surface area contributed by atoms with Gasteiger partial charge in [0.25, 0.3) is 0 Å². The van der Waals surface area contributed by atoms with E-state index in [1.165, 1.54) is 31.4 Å². The highest BCUT2D eigenvalue weighted by atomic mass is 16.3. The van der Waals surface area contributed by atoms with E-state index in [0.29, 0.717) is 12.0 Å². The van der Waals surface area contributed by atoms with Gasteiger partial charge in [-0.1, -0.05) is 12.8 Å². The highest BCUT2D eigenvalue weighted by Crippen LogP contribution is 2.33. The molecule has 3 rings (SSSR count). The van der Waals surface area contributed by atoms with Crippen LogP contribution in [0, 0.1) is 0 Å². The molecular weight excluding hydrogens is 238 g/mol. The van der Waals surface area contributed by atoms with E-state index in [2.05, 4.69) is 21.4 Å². The third-order valence-electron chi connectivity index (χ3n) is 4.51. The number of anilines is 1. The van der Waals surface area contributed by atoms with E-state index in [1.54, 1.807) is 6.33 Å². The van der Waals surface area contributed by atoms with Crippen LogP contribution in [-0.4, -0.2) is 27.2 Å². The molecule has 0 aromatic carbocycles. The Labute approximate surface area is 114 Å². The van der Waals surface area contributed by atoms with Gasteiger partial charge >= 0.3 is 0 Å². The summed E-state index contributed by atoms with van der Waals surface area (Å²) < 4.78 is 0. The number of hydrogen-bond donors (Lipinski definition) is 2. The van der Waals surface area contributed by atoms with E-state index < -0.39 is 0 Å². The van der Waals surface area contributed by atoms with Crippen LogP contribution in [0.2, 0.25) is 0 Å². The van der Waals surface area contributed by atoms with Gasteiger partial charge in [-0.15, -0.1) is 0 Å². The van der Waals surface area contributed by atoms with Crippen molar-refractivity contribution in [3.63, 3.8) is 0 Å². The molecule has 104 valence electrons. The highest BCUT2D eigenvalue weighted by Gasteiger charge is 2.21. The number of aromatic nitrogens is 2. The summed E-state index contributed by atoms with van der Waals surface area (Å²) >= 11 is 0. The van der Waals surface area contributed by atoms with Crippen molar-refractivity contribution in [2.45, 2.75) is 69.4 Å². The molecule has 19 heavy (non-hydrogen) atoms. The van der Waals surface area contributed by atoms with Crippen LogP contribution in [0.3, 0.4) is 0 Å². The summed E-state index contributed by atoms with van der Waals surface area (Å²) in [4.78, 5) is 8.77. The Morgan fingerprint density at radius 1 is 1.00 bits per heavy atom. The van der Waals surface area contributed by atoms with E-state index in [1.807, 2.05) is 0 Å². The molecule has 0 unspecified atom stereocenters. The van der Waals surface area contributed by atoms with Crippen LogP contribution in [0.25, 0.3) is 0 Å². The average molecular weight is 261 g/mol. The maximum Gasteiger partial charge on any atom is 0.129 e. The highest BCUT2D eigenvalue weighted by molar-refractivity contribution is 5.37. The number of aliphatic hydroxyl groups excluding tert-OH is 1. The van der Waals surface area contributed by atoms with Gasteiger partial charge in [-0.05, 0) is 38.5 Å². The molecule has 1 aromatic heterocycles. The molecule has 0 spiro atoms. The lowest BCUT2D eigenvalue weighted by molar-refractivity contribution is 0.126. The largest absolute Gasteiger partial charge is 0.393 e. The first-order valence-electron chi connectivity index (χ1n) is 7.58. The third-order valence-corrected chi connectivity index (χ3v) is 4.51. The van der Waals surface area contributed by atoms with Crippen LogP contribution in [0.1, 0.15) is 63.0 Å². The van der Waals surface area contributed by atoms with Crippen LogP contribution in [0.15, 0.2) is 12.4 Å². The van der Waals surface area contributed by atoms with Crippen molar-refractivity contribution in [2.75, 3.05) is 5.32 Å². The zero-order valence-corrected chi connectivity index (χ0v) is 11.4. The zero-order valence-electron chi connectivity index (χ0n) is 11.4. The van der Waals surface area contributed by atoms with Crippen molar-refractivity contribution >= 4 is 5.82 Å². The van der Waals surface area contributed by atoms with E-state index >= 15 is 0 Å². The number of rotatable bonds is 3. The van der Waals surface area contributed by atoms with Crippen molar-refractivity contribution in [1.82, 2.24) is 9.97 Å². The Hall–Kier alpha value is -1.16. The zero-order chi connectivity index (χ0) is 13.1. The fourth-order valence-electron chi connectivity index (χ4n) is 3.33. The molecule has 2 aliphatic rings. The summed E-state index contributed by atoms with van der Waals surface area (Å²) in [7, 11) is 0. The molecular formula is C15H23N3O. The normalized spacial score (nSPS) is 28.5. The molecule has 0 aliphatic heterocycles. The minimum atomic E-state index is -0.0995. The van der Waals surface area contributed by atoms with Gasteiger partial charge in [-0.3, -0.25) is 0 Å². The van der Waals surface area contributed by atoms with Gasteiger partial charge in [-0.2, -0.15) is 0 Å². The van der Waals surface area contributed by atoms with E-state index in [-0.39, 0.29) is 6.10 Å². The van der Waals surface area contributed by atoms with Gasteiger partial charge in [-0.25, -0.2) is 9.97 Å². The second kappa shape index (κ2) is 5.87. The van der Waals surface area contributed by atoms with E-state index in [9.17, 15) is 5.11 Å². The Bertz CT molecular complexity index is 410. The minimum absolute atomic E-state index is 0.0995. The second-order valence-corrected chi connectivity index (χ2v) is 5.96. The van der Waals surface area contributed by atoms with Crippen molar-refractivity contribution < 1.29 is 5.11 Å². The van der Waals surface area contributed by atoms with Crippen LogP contribution in [0.5, 0.6) is 0 Å². The number of aliphatic hydroxyl groups is 1. The van der Waals surface area contributed by atoms with E-state index in [4.69, 9.17) is 0 Å². The fraction of sp³-hybridized carbons (Fsp3) is 0.733. The predicted molar refractivity (Wildman–Crippen MR) is 75.1 cm³/mol. The second-order valence-electron chi connectivity index (χ2n) is 5.96. The molecule has 2 aliphatic carbocycles. The lowest BCUT2D eigenvalue weighted by atomic mass is 9.93. The van der Waals surface area contributed by atoms with Gasteiger partial charge in [0.1, 0.15) is 12.1 Å². The molecule has 2 N–H and O–H groups in total. The lowest BCUT2D eigenvalue weighted by Gasteiger charge is -2.26. The van der Waals surface area contributed by atoms with Gasteiger partial charge in [0, 0.05) is 23.7 Å². The van der Waals surface area contributed by atoms with Gasteiger partial charge in [0.05, 0.1) is 6.10 Å². The van der Waals surface area contributed by atoms with Crippen molar-refractivity contribution in [1.29, 1.82) is 0 Å². The SMILES string of the molecule is OC1CCC(Nc2cc(C3CCCC3)ncn2)CC1. The molecule has 0 saturated heterocycles. The first-order chi connectivity index (χ1) is 9.31. The number of nitrogens with zero attached hydrogens (tertiary/aromatic N) is 2. The maximum atomic E-state index is 9.53. The summed E-state index contributed by atoms with van der Waals surface area (Å²) in [6.07, 6.45) is 10.7. The molecule has 0 radical (unpaired) electrons. The first-order valence-corrected chi connectivity index (χ1v) is 7.58. The first kappa shape index (κ1) is 12.9. The lowest BCUT2D eigenvalue weighted by Crippen LogP contribution is -2.28. The number of nitrogens with one attached hydrogen (secondary N) is 1. The summed E-state index contributed by atoms with van der Waals surface area (Å²) in [5, 5.41) is 13.0. The van der Waals surface area contributed by atoms with Gasteiger partial charge in [0.2, 0.25) is 0 Å². The van der Waals surface area contributed by atoms with Crippen LogP contribution in [0.4, 0.5) is 5.82 Å². The summed E-state index contributed by atoms with van der Waals surface area (Å²) in [6.45, 7) is 0. The van der Waals surface area contributed by atoms with Crippen LogP contribution in [-0.2, 0) is 0 Å². The third kappa shape index (κ3) is 3.24. The molecule has 0 amide bonds. The molecule has 0 atom stereocenters. The topological polar surface area (TPSA) is 58.0 Å². The van der Waals surface area contributed by atoms with Crippen LogP contribution >= 0.6 is 0 Å². The molecule has 1 heterocycles. The smallest absolute Gasteiger partial charge is 0.129 e. The van der Waals surface area contributed by atoms with Crippen molar-refractivity contribution in [3.8, 4) is 0 Å². The molecule has 1 aromatic rings. The maximum absolute atomic E-state index is 9.53. The van der Waals surface area contributed by atoms with Crippen LogP contribution < -0.4 is 5.32 Å². The quantitative estimate of drug-likeness (QED) is 0.878. The Kier molecular flexibility index (Phi) is 3.97. The molecule has 2 saturated carbocycles. The van der Waals surface area contributed by atoms with Crippen molar-refractivity contribution in [3.05, 3.63) is 18.1 Å². The Morgan fingerprint density at radius 3 is 2.47 bits per heavy atom. The summed E-state index contributed by atoms with van der Waals surface area (Å²) in [5.74, 6) is 1.59.